The van der Waals surface area contributed by atoms with E-state index in [9.17, 15) is 9.59 Å². The smallest absolute Gasteiger partial charge is 0.323 e. The molecule has 3 N–H and O–H groups in total. The Kier molecular flexibility index (Phi) is 5.72. The Labute approximate surface area is 125 Å². The SMILES string of the molecule is CCOC1CC(N)(C(=O)N(CCOC)CC(=O)O)C1(C)C. The highest BCUT2D eigenvalue weighted by atomic mass is 16.5. The maximum absolute atomic E-state index is 12.7. The molecule has 0 bridgehead atoms. The van der Waals surface area contributed by atoms with Gasteiger partial charge in [-0.05, 0) is 6.92 Å². The zero-order chi connectivity index (χ0) is 16.3. The number of hydrogen-bond donors (Lipinski definition) is 2. The first-order valence-electron chi connectivity index (χ1n) is 7.11. The largest absolute Gasteiger partial charge is 0.480 e. The van der Waals surface area contributed by atoms with Crippen LogP contribution in [-0.4, -0.2) is 66.9 Å². The fourth-order valence-corrected chi connectivity index (χ4v) is 2.70. The van der Waals surface area contributed by atoms with Gasteiger partial charge in [0.2, 0.25) is 5.91 Å². The molecular weight excluding hydrogens is 276 g/mol. The van der Waals surface area contributed by atoms with Crippen LogP contribution in [0.15, 0.2) is 0 Å². The number of nitrogens with two attached hydrogens (primary N) is 1. The van der Waals surface area contributed by atoms with Crippen LogP contribution in [0.2, 0.25) is 0 Å². The van der Waals surface area contributed by atoms with Crippen molar-refractivity contribution < 1.29 is 24.2 Å². The van der Waals surface area contributed by atoms with Crippen molar-refractivity contribution in [3.63, 3.8) is 0 Å². The van der Waals surface area contributed by atoms with Crippen molar-refractivity contribution in [1.82, 2.24) is 4.90 Å². The zero-order valence-electron chi connectivity index (χ0n) is 13.2. The van der Waals surface area contributed by atoms with Crippen molar-refractivity contribution in [3.05, 3.63) is 0 Å². The number of amides is 1. The van der Waals surface area contributed by atoms with Gasteiger partial charge in [0, 0.05) is 32.1 Å². The number of rotatable bonds is 8. The molecule has 0 heterocycles. The molecule has 0 aliphatic heterocycles. The minimum atomic E-state index is -1.10. The van der Waals surface area contributed by atoms with E-state index in [1.807, 2.05) is 20.8 Å². The average molecular weight is 302 g/mol. The minimum absolute atomic E-state index is 0.0921. The maximum atomic E-state index is 12.7. The Hall–Kier alpha value is -1.18. The molecule has 21 heavy (non-hydrogen) atoms. The van der Waals surface area contributed by atoms with Crippen molar-refractivity contribution in [2.45, 2.75) is 38.8 Å². The molecule has 1 aliphatic carbocycles. The lowest BCUT2D eigenvalue weighted by atomic mass is 9.54. The normalized spacial score (nSPS) is 27.0. The topological polar surface area (TPSA) is 102 Å². The van der Waals surface area contributed by atoms with Gasteiger partial charge in [-0.25, -0.2) is 0 Å². The molecule has 0 aromatic carbocycles. The highest BCUT2D eigenvalue weighted by Crippen LogP contribution is 2.50. The van der Waals surface area contributed by atoms with Crippen LogP contribution in [0.5, 0.6) is 0 Å². The highest BCUT2D eigenvalue weighted by Gasteiger charge is 2.63. The van der Waals surface area contributed by atoms with Crippen LogP contribution in [0, 0.1) is 5.41 Å². The summed E-state index contributed by atoms with van der Waals surface area (Å²) in [6.45, 7) is 6.30. The third kappa shape index (κ3) is 3.36. The fraction of sp³-hybridized carbons (Fsp3) is 0.857. The minimum Gasteiger partial charge on any atom is -0.480 e. The summed E-state index contributed by atoms with van der Waals surface area (Å²) in [6, 6.07) is 0. The van der Waals surface area contributed by atoms with E-state index < -0.39 is 16.9 Å². The van der Waals surface area contributed by atoms with Gasteiger partial charge in [-0.15, -0.1) is 0 Å². The molecule has 1 fully saturated rings. The van der Waals surface area contributed by atoms with E-state index in [0.717, 1.165) is 0 Å². The van der Waals surface area contributed by atoms with E-state index in [1.54, 1.807) is 0 Å². The van der Waals surface area contributed by atoms with Gasteiger partial charge in [-0.1, -0.05) is 13.8 Å². The molecule has 2 atom stereocenters. The van der Waals surface area contributed by atoms with Crippen molar-refractivity contribution in [1.29, 1.82) is 0 Å². The predicted molar refractivity (Wildman–Crippen MR) is 76.8 cm³/mol. The van der Waals surface area contributed by atoms with Gasteiger partial charge in [0.25, 0.3) is 0 Å². The molecule has 1 rings (SSSR count). The molecule has 1 amide bonds. The molecule has 122 valence electrons. The summed E-state index contributed by atoms with van der Waals surface area (Å²) in [5.74, 6) is -1.43. The lowest BCUT2D eigenvalue weighted by molar-refractivity contribution is -0.181. The Morgan fingerprint density at radius 3 is 2.48 bits per heavy atom. The summed E-state index contributed by atoms with van der Waals surface area (Å²) < 4.78 is 10.5. The second-order valence-corrected chi connectivity index (χ2v) is 5.95. The monoisotopic (exact) mass is 302 g/mol. The van der Waals surface area contributed by atoms with Gasteiger partial charge in [-0.2, -0.15) is 0 Å². The summed E-state index contributed by atoms with van der Waals surface area (Å²) in [6.07, 6.45) is 0.307. The second kappa shape index (κ2) is 6.72. The van der Waals surface area contributed by atoms with Crippen LogP contribution in [-0.2, 0) is 19.1 Å². The Morgan fingerprint density at radius 1 is 1.43 bits per heavy atom. The molecule has 1 aliphatic rings. The van der Waals surface area contributed by atoms with Crippen LogP contribution >= 0.6 is 0 Å². The lowest BCUT2D eigenvalue weighted by Gasteiger charge is -2.58. The third-order valence-electron chi connectivity index (χ3n) is 4.39. The zero-order valence-corrected chi connectivity index (χ0v) is 13.2. The molecule has 0 aromatic heterocycles. The van der Waals surface area contributed by atoms with E-state index >= 15 is 0 Å². The summed E-state index contributed by atoms with van der Waals surface area (Å²) >= 11 is 0. The van der Waals surface area contributed by atoms with Crippen molar-refractivity contribution in [2.24, 2.45) is 11.1 Å². The van der Waals surface area contributed by atoms with Gasteiger partial charge in [0.1, 0.15) is 12.1 Å². The summed E-state index contributed by atoms with van der Waals surface area (Å²) in [4.78, 5) is 24.9. The third-order valence-corrected chi connectivity index (χ3v) is 4.39. The van der Waals surface area contributed by atoms with Crippen LogP contribution in [0.1, 0.15) is 27.2 Å². The standard InChI is InChI=1S/C14H26N2O5/c1-5-21-10-8-14(15,13(10,2)3)12(19)16(6-7-20-4)9-11(17)18/h10H,5-9,15H2,1-4H3,(H,17,18). The van der Waals surface area contributed by atoms with Gasteiger partial charge < -0.3 is 25.2 Å². The van der Waals surface area contributed by atoms with Gasteiger partial charge >= 0.3 is 5.97 Å². The summed E-state index contributed by atoms with van der Waals surface area (Å²) in [5, 5.41) is 8.95. The predicted octanol–water partition coefficient (Wildman–Crippen LogP) is 0.0785. The highest BCUT2D eigenvalue weighted by molar-refractivity contribution is 5.91. The molecule has 0 radical (unpaired) electrons. The number of aliphatic carboxylic acids is 1. The molecular formula is C14H26N2O5. The average Bonchev–Trinajstić information content (AvgIpc) is 2.41. The first-order chi connectivity index (χ1) is 9.70. The number of hydrogen-bond acceptors (Lipinski definition) is 5. The first kappa shape index (κ1) is 17.9. The molecule has 0 aromatic rings. The van der Waals surface area contributed by atoms with Crippen LogP contribution in [0.25, 0.3) is 0 Å². The maximum Gasteiger partial charge on any atom is 0.323 e. The van der Waals surface area contributed by atoms with Gasteiger partial charge in [0.05, 0.1) is 12.7 Å². The van der Waals surface area contributed by atoms with E-state index in [-0.39, 0.29) is 31.7 Å². The Bertz CT molecular complexity index is 399. The van der Waals surface area contributed by atoms with Gasteiger partial charge in [-0.3, -0.25) is 9.59 Å². The number of carboxylic acid groups (broad SMARTS) is 1. The first-order valence-corrected chi connectivity index (χ1v) is 7.11. The number of methoxy groups -OCH3 is 1. The molecule has 7 nitrogen and oxygen atoms in total. The number of carbonyl (C=O) groups is 2. The molecule has 0 spiro atoms. The quantitative estimate of drug-likeness (QED) is 0.658. The van der Waals surface area contributed by atoms with Crippen LogP contribution in [0.4, 0.5) is 0 Å². The molecule has 7 heteroatoms. The number of carboxylic acids is 1. The van der Waals surface area contributed by atoms with Crippen molar-refractivity contribution in [2.75, 3.05) is 33.4 Å². The Balaban J connectivity index is 2.85. The van der Waals surface area contributed by atoms with E-state index in [4.69, 9.17) is 20.3 Å². The van der Waals surface area contributed by atoms with E-state index in [1.165, 1.54) is 12.0 Å². The molecule has 1 saturated carbocycles. The van der Waals surface area contributed by atoms with Crippen molar-refractivity contribution >= 4 is 11.9 Å². The van der Waals surface area contributed by atoms with Crippen molar-refractivity contribution in [3.8, 4) is 0 Å². The van der Waals surface area contributed by atoms with E-state index in [2.05, 4.69) is 0 Å². The van der Waals surface area contributed by atoms with Crippen LogP contribution < -0.4 is 5.73 Å². The molecule has 0 saturated heterocycles. The Morgan fingerprint density at radius 2 is 2.05 bits per heavy atom. The lowest BCUT2D eigenvalue weighted by Crippen LogP contribution is -2.76. The summed E-state index contributed by atoms with van der Waals surface area (Å²) in [7, 11) is 1.50. The van der Waals surface area contributed by atoms with Gasteiger partial charge in [0.15, 0.2) is 0 Å². The second-order valence-electron chi connectivity index (χ2n) is 5.95. The summed E-state index contributed by atoms with van der Waals surface area (Å²) in [5.41, 5.74) is 4.65. The number of ether oxygens (including phenoxy) is 2. The molecule has 2 unspecified atom stereocenters. The van der Waals surface area contributed by atoms with E-state index in [0.29, 0.717) is 13.0 Å². The van der Waals surface area contributed by atoms with Crippen LogP contribution in [0.3, 0.4) is 0 Å². The number of carbonyl (C=O) groups excluding carboxylic acids is 1. The number of nitrogens with zero attached hydrogens (tertiary/aromatic N) is 1. The fourth-order valence-electron chi connectivity index (χ4n) is 2.70.